The summed E-state index contributed by atoms with van der Waals surface area (Å²) < 4.78 is 8.74. The highest BCUT2D eigenvalue weighted by atomic mass is 79.9. The number of hydrogen-bond acceptors (Lipinski definition) is 1. The Hall–Kier alpha value is -1.74. The molecule has 0 aliphatic carbocycles. The van der Waals surface area contributed by atoms with Crippen LogP contribution in [0.15, 0.2) is 59.2 Å². The van der Waals surface area contributed by atoms with E-state index in [1.807, 2.05) is 18.2 Å². The molecule has 0 bridgehead atoms. The molecule has 3 aromatic rings. The van der Waals surface area contributed by atoms with Gasteiger partial charge in [0.1, 0.15) is 5.75 Å². The van der Waals surface area contributed by atoms with Crippen molar-refractivity contribution in [2.75, 3.05) is 7.11 Å². The molecule has 0 saturated heterocycles. The topological polar surface area (TPSA) is 14.2 Å². The van der Waals surface area contributed by atoms with Crippen LogP contribution in [0.1, 0.15) is 5.56 Å². The Morgan fingerprint density at radius 2 is 1.95 bits per heavy atom. The molecule has 0 radical (unpaired) electrons. The lowest BCUT2D eigenvalue weighted by molar-refractivity contribution is 0.408. The molecule has 19 heavy (non-hydrogen) atoms. The Morgan fingerprint density at radius 3 is 2.79 bits per heavy atom. The molecule has 2 aromatic carbocycles. The molecule has 0 aliphatic rings. The number of benzene rings is 2. The largest absolute Gasteiger partial charge is 0.496 e. The molecule has 1 heterocycles. The number of para-hydroxylation sites is 1. The molecule has 0 spiro atoms. The van der Waals surface area contributed by atoms with E-state index in [1.165, 1.54) is 16.5 Å². The molecule has 2 nitrogen and oxygen atoms in total. The molecule has 3 heteroatoms. The highest BCUT2D eigenvalue weighted by molar-refractivity contribution is 9.10. The Labute approximate surface area is 120 Å². The van der Waals surface area contributed by atoms with Gasteiger partial charge in [-0.05, 0) is 29.7 Å². The summed E-state index contributed by atoms with van der Waals surface area (Å²) in [5.41, 5.74) is 2.41. The van der Waals surface area contributed by atoms with Gasteiger partial charge in [0, 0.05) is 21.7 Å². The zero-order valence-electron chi connectivity index (χ0n) is 10.6. The minimum Gasteiger partial charge on any atom is -0.496 e. The summed E-state index contributed by atoms with van der Waals surface area (Å²) in [5, 5.41) is 1.25. The van der Waals surface area contributed by atoms with E-state index in [2.05, 4.69) is 57.0 Å². The summed E-state index contributed by atoms with van der Waals surface area (Å²) in [6.45, 7) is 0.809. The molecule has 3 rings (SSSR count). The summed E-state index contributed by atoms with van der Waals surface area (Å²) in [6, 6.07) is 16.6. The van der Waals surface area contributed by atoms with E-state index < -0.39 is 0 Å². The highest BCUT2D eigenvalue weighted by Crippen LogP contribution is 2.24. The summed E-state index contributed by atoms with van der Waals surface area (Å²) in [6.07, 6.45) is 2.11. The van der Waals surface area contributed by atoms with Gasteiger partial charge in [0.15, 0.2) is 0 Å². The fraction of sp³-hybridized carbons (Fsp3) is 0.125. The van der Waals surface area contributed by atoms with Crippen molar-refractivity contribution in [3.8, 4) is 5.75 Å². The van der Waals surface area contributed by atoms with Gasteiger partial charge in [-0.3, -0.25) is 0 Å². The number of fused-ring (bicyclic) bond motifs is 1. The minimum atomic E-state index is 0.809. The average molecular weight is 316 g/mol. The van der Waals surface area contributed by atoms with Crippen molar-refractivity contribution in [1.29, 1.82) is 0 Å². The summed E-state index contributed by atoms with van der Waals surface area (Å²) >= 11 is 3.53. The van der Waals surface area contributed by atoms with Gasteiger partial charge in [0.25, 0.3) is 0 Å². The Balaban J connectivity index is 2.03. The van der Waals surface area contributed by atoms with Crippen LogP contribution in [0.5, 0.6) is 5.75 Å². The maximum absolute atomic E-state index is 5.41. The third-order valence-corrected chi connectivity index (χ3v) is 3.76. The van der Waals surface area contributed by atoms with Crippen molar-refractivity contribution >= 4 is 26.8 Å². The van der Waals surface area contributed by atoms with Gasteiger partial charge in [-0.15, -0.1) is 0 Å². The summed E-state index contributed by atoms with van der Waals surface area (Å²) in [5.74, 6) is 0.930. The zero-order valence-corrected chi connectivity index (χ0v) is 12.2. The molecule has 96 valence electrons. The van der Waals surface area contributed by atoms with E-state index in [9.17, 15) is 0 Å². The van der Waals surface area contributed by atoms with Gasteiger partial charge in [-0.25, -0.2) is 0 Å². The van der Waals surface area contributed by atoms with Gasteiger partial charge in [-0.2, -0.15) is 0 Å². The quantitative estimate of drug-likeness (QED) is 0.696. The van der Waals surface area contributed by atoms with Gasteiger partial charge in [0.05, 0.1) is 13.7 Å². The number of aromatic nitrogens is 1. The summed E-state index contributed by atoms with van der Waals surface area (Å²) in [7, 11) is 1.71. The smallest absolute Gasteiger partial charge is 0.123 e. The number of methoxy groups -OCH3 is 1. The lowest BCUT2D eigenvalue weighted by Gasteiger charge is -2.10. The molecule has 0 aliphatic heterocycles. The van der Waals surface area contributed by atoms with Crippen molar-refractivity contribution in [1.82, 2.24) is 4.57 Å². The second-order valence-corrected chi connectivity index (χ2v) is 5.37. The lowest BCUT2D eigenvalue weighted by Crippen LogP contribution is -2.00. The second kappa shape index (κ2) is 5.10. The van der Waals surface area contributed by atoms with Gasteiger partial charge < -0.3 is 9.30 Å². The van der Waals surface area contributed by atoms with Crippen molar-refractivity contribution in [2.24, 2.45) is 0 Å². The molecule has 0 fully saturated rings. The van der Waals surface area contributed by atoms with E-state index in [0.717, 1.165) is 16.8 Å². The first-order valence-corrected chi connectivity index (χ1v) is 6.93. The van der Waals surface area contributed by atoms with Crippen LogP contribution < -0.4 is 4.74 Å². The molecule has 0 unspecified atom stereocenters. The number of nitrogens with zero attached hydrogens (tertiary/aromatic N) is 1. The van der Waals surface area contributed by atoms with Crippen molar-refractivity contribution in [3.05, 3.63) is 64.8 Å². The minimum absolute atomic E-state index is 0.809. The van der Waals surface area contributed by atoms with Gasteiger partial charge >= 0.3 is 0 Å². The molecule has 0 atom stereocenters. The van der Waals surface area contributed by atoms with Crippen molar-refractivity contribution in [2.45, 2.75) is 6.54 Å². The molecule has 1 aromatic heterocycles. The fourth-order valence-corrected chi connectivity index (χ4v) is 2.66. The van der Waals surface area contributed by atoms with Crippen LogP contribution in [-0.2, 0) is 6.54 Å². The number of rotatable bonds is 3. The first kappa shape index (κ1) is 12.3. The number of hydrogen-bond donors (Lipinski definition) is 0. The van der Waals surface area contributed by atoms with E-state index in [1.54, 1.807) is 7.11 Å². The zero-order chi connectivity index (χ0) is 13.2. The monoisotopic (exact) mass is 315 g/mol. The summed E-state index contributed by atoms with van der Waals surface area (Å²) in [4.78, 5) is 0. The van der Waals surface area contributed by atoms with Crippen LogP contribution in [-0.4, -0.2) is 11.7 Å². The van der Waals surface area contributed by atoms with E-state index in [-0.39, 0.29) is 0 Å². The normalized spacial score (nSPS) is 10.8. The van der Waals surface area contributed by atoms with Crippen LogP contribution in [0.4, 0.5) is 0 Å². The van der Waals surface area contributed by atoms with Crippen LogP contribution in [0.2, 0.25) is 0 Å². The van der Waals surface area contributed by atoms with E-state index in [0.29, 0.717) is 0 Å². The predicted octanol–water partition coefficient (Wildman–Crippen LogP) is 4.46. The van der Waals surface area contributed by atoms with Crippen LogP contribution in [0.25, 0.3) is 10.9 Å². The third-order valence-electron chi connectivity index (χ3n) is 3.27. The SMILES string of the molecule is COc1ccccc1Cn1ccc2ccc(Br)cc21. The third kappa shape index (κ3) is 2.38. The molecule has 0 amide bonds. The second-order valence-electron chi connectivity index (χ2n) is 4.46. The average Bonchev–Trinajstić information content (AvgIpc) is 2.82. The number of halogens is 1. The van der Waals surface area contributed by atoms with E-state index in [4.69, 9.17) is 4.74 Å². The van der Waals surface area contributed by atoms with Gasteiger partial charge in [-0.1, -0.05) is 40.2 Å². The maximum Gasteiger partial charge on any atom is 0.123 e. The Bertz CT molecular complexity index is 718. The van der Waals surface area contributed by atoms with Crippen molar-refractivity contribution in [3.63, 3.8) is 0 Å². The van der Waals surface area contributed by atoms with E-state index >= 15 is 0 Å². The molecular formula is C16H14BrNO. The van der Waals surface area contributed by atoms with Crippen LogP contribution >= 0.6 is 15.9 Å². The number of ether oxygens (including phenoxy) is 1. The highest BCUT2D eigenvalue weighted by Gasteiger charge is 2.06. The van der Waals surface area contributed by atoms with Crippen LogP contribution in [0, 0.1) is 0 Å². The molecule has 0 N–H and O–H groups in total. The van der Waals surface area contributed by atoms with Crippen LogP contribution in [0.3, 0.4) is 0 Å². The lowest BCUT2D eigenvalue weighted by atomic mass is 10.2. The fourth-order valence-electron chi connectivity index (χ4n) is 2.31. The first-order chi connectivity index (χ1) is 9.28. The molecule has 0 saturated carbocycles. The van der Waals surface area contributed by atoms with Gasteiger partial charge in [0.2, 0.25) is 0 Å². The Kier molecular flexibility index (Phi) is 3.30. The van der Waals surface area contributed by atoms with Crippen molar-refractivity contribution < 1.29 is 4.74 Å². The maximum atomic E-state index is 5.41. The molecular weight excluding hydrogens is 302 g/mol. The Morgan fingerprint density at radius 1 is 1.11 bits per heavy atom. The standard InChI is InChI=1S/C16H14BrNO/c1-19-16-5-3-2-4-13(16)11-18-9-8-12-6-7-14(17)10-15(12)18/h2-10H,11H2,1H3. The first-order valence-electron chi connectivity index (χ1n) is 6.14. The predicted molar refractivity (Wildman–Crippen MR) is 81.7 cm³/mol.